The predicted octanol–water partition coefficient (Wildman–Crippen LogP) is 1.60. The molecule has 1 saturated heterocycles. The van der Waals surface area contributed by atoms with Crippen LogP contribution >= 0.6 is 15.9 Å². The van der Waals surface area contributed by atoms with Gasteiger partial charge in [-0.15, -0.1) is 0 Å². The normalized spacial score (nSPS) is 23.0. The molecule has 2 atom stereocenters. The number of likely N-dealkylation sites (N-methyl/N-ethyl adjacent to an activating group) is 2. The summed E-state index contributed by atoms with van der Waals surface area (Å²) in [6.07, 6.45) is 1.85. The van der Waals surface area contributed by atoms with Gasteiger partial charge in [-0.05, 0) is 63.8 Å². The fourth-order valence-corrected chi connectivity index (χ4v) is 3.39. The number of benzene rings is 1. The minimum atomic E-state index is -0.213. The van der Waals surface area contributed by atoms with E-state index in [1.54, 1.807) is 12.1 Å². The standard InChI is InChI=1S/C15H24BrFN4/c1-20-6-3-7-21(2)15(10-20)14(19-18)9-11-8-12(17)4-5-13(11)16/h4-5,8,14-15,19H,3,6-7,9-10,18H2,1-2H3. The molecule has 0 aromatic heterocycles. The van der Waals surface area contributed by atoms with E-state index in [1.165, 1.54) is 6.07 Å². The van der Waals surface area contributed by atoms with E-state index in [0.717, 1.165) is 36.1 Å². The number of nitrogens with two attached hydrogens (primary N) is 1. The number of hydrogen-bond donors (Lipinski definition) is 2. The van der Waals surface area contributed by atoms with Crippen molar-refractivity contribution in [2.75, 3.05) is 33.7 Å². The van der Waals surface area contributed by atoms with Gasteiger partial charge in [0.25, 0.3) is 0 Å². The van der Waals surface area contributed by atoms with Crippen molar-refractivity contribution < 1.29 is 4.39 Å². The topological polar surface area (TPSA) is 44.5 Å². The van der Waals surface area contributed by atoms with Crippen LogP contribution in [-0.4, -0.2) is 55.6 Å². The summed E-state index contributed by atoms with van der Waals surface area (Å²) in [5, 5.41) is 0. The third-order valence-corrected chi connectivity index (χ3v) is 5.02. The lowest BCUT2D eigenvalue weighted by Gasteiger charge is -2.34. The average Bonchev–Trinajstić information content (AvgIpc) is 2.61. The Morgan fingerprint density at radius 3 is 2.90 bits per heavy atom. The maximum absolute atomic E-state index is 13.5. The summed E-state index contributed by atoms with van der Waals surface area (Å²) in [6, 6.07) is 5.17. The second kappa shape index (κ2) is 7.65. The third kappa shape index (κ3) is 4.47. The summed E-state index contributed by atoms with van der Waals surface area (Å²) in [7, 11) is 4.27. The number of rotatable bonds is 4. The molecule has 1 aromatic rings. The molecule has 1 aromatic carbocycles. The first kappa shape index (κ1) is 16.8. The van der Waals surface area contributed by atoms with Crippen molar-refractivity contribution in [3.05, 3.63) is 34.1 Å². The molecule has 1 aliphatic heterocycles. The summed E-state index contributed by atoms with van der Waals surface area (Å²) in [5.74, 6) is 5.58. The van der Waals surface area contributed by atoms with Gasteiger partial charge in [-0.25, -0.2) is 4.39 Å². The Hall–Kier alpha value is -0.530. The first-order valence-electron chi connectivity index (χ1n) is 7.30. The molecule has 0 bridgehead atoms. The summed E-state index contributed by atoms with van der Waals surface area (Å²) >= 11 is 3.50. The van der Waals surface area contributed by atoms with Crippen molar-refractivity contribution >= 4 is 15.9 Å². The Morgan fingerprint density at radius 2 is 2.19 bits per heavy atom. The van der Waals surface area contributed by atoms with Gasteiger partial charge < -0.3 is 9.80 Å². The highest BCUT2D eigenvalue weighted by Crippen LogP contribution is 2.21. The van der Waals surface area contributed by atoms with Crippen molar-refractivity contribution in [3.63, 3.8) is 0 Å². The number of nitrogens with zero attached hydrogens (tertiary/aromatic N) is 2. The lowest BCUT2D eigenvalue weighted by atomic mass is 9.98. The van der Waals surface area contributed by atoms with Gasteiger partial charge in [0, 0.05) is 23.1 Å². The molecule has 1 aliphatic rings. The van der Waals surface area contributed by atoms with Crippen molar-refractivity contribution in [3.8, 4) is 0 Å². The molecule has 3 N–H and O–H groups in total. The second-order valence-electron chi connectivity index (χ2n) is 5.88. The third-order valence-electron chi connectivity index (χ3n) is 4.24. The van der Waals surface area contributed by atoms with E-state index in [0.29, 0.717) is 12.5 Å². The maximum atomic E-state index is 13.5. The van der Waals surface area contributed by atoms with E-state index >= 15 is 0 Å². The number of halogens is 2. The highest BCUT2D eigenvalue weighted by molar-refractivity contribution is 9.10. The molecular weight excluding hydrogens is 335 g/mol. The number of nitrogens with one attached hydrogen (secondary N) is 1. The van der Waals surface area contributed by atoms with Crippen LogP contribution in [0.2, 0.25) is 0 Å². The minimum absolute atomic E-state index is 0.0775. The smallest absolute Gasteiger partial charge is 0.123 e. The largest absolute Gasteiger partial charge is 0.305 e. The van der Waals surface area contributed by atoms with Crippen LogP contribution in [0.25, 0.3) is 0 Å². The van der Waals surface area contributed by atoms with Crippen LogP contribution in [0.3, 0.4) is 0 Å². The van der Waals surface area contributed by atoms with E-state index < -0.39 is 0 Å². The molecule has 1 heterocycles. The van der Waals surface area contributed by atoms with E-state index in [1.807, 2.05) is 0 Å². The zero-order valence-electron chi connectivity index (χ0n) is 12.6. The first-order chi connectivity index (χ1) is 10.0. The second-order valence-corrected chi connectivity index (χ2v) is 6.73. The molecule has 4 nitrogen and oxygen atoms in total. The van der Waals surface area contributed by atoms with E-state index in [2.05, 4.69) is 45.3 Å². The molecule has 118 valence electrons. The maximum Gasteiger partial charge on any atom is 0.123 e. The van der Waals surface area contributed by atoms with Crippen LogP contribution in [0.15, 0.2) is 22.7 Å². The molecular formula is C15H24BrFN4. The van der Waals surface area contributed by atoms with Crippen molar-refractivity contribution in [1.82, 2.24) is 15.2 Å². The SMILES string of the molecule is CN1CCCN(C)C(C(Cc2cc(F)ccc2Br)NN)C1. The van der Waals surface area contributed by atoms with Crippen LogP contribution in [0.1, 0.15) is 12.0 Å². The molecule has 0 aliphatic carbocycles. The van der Waals surface area contributed by atoms with Crippen molar-refractivity contribution in [2.24, 2.45) is 5.84 Å². The van der Waals surface area contributed by atoms with Gasteiger partial charge in [0.1, 0.15) is 5.82 Å². The molecule has 6 heteroatoms. The number of hydrogen-bond acceptors (Lipinski definition) is 4. The van der Waals surface area contributed by atoms with Crippen LogP contribution in [0.4, 0.5) is 4.39 Å². The van der Waals surface area contributed by atoms with Gasteiger partial charge in [0.15, 0.2) is 0 Å². The summed E-state index contributed by atoms with van der Waals surface area (Å²) in [6.45, 7) is 3.11. The van der Waals surface area contributed by atoms with Crippen LogP contribution in [-0.2, 0) is 6.42 Å². The molecule has 0 amide bonds. The van der Waals surface area contributed by atoms with E-state index in [9.17, 15) is 4.39 Å². The molecule has 2 rings (SSSR count). The van der Waals surface area contributed by atoms with Gasteiger partial charge in [-0.1, -0.05) is 15.9 Å². The Morgan fingerprint density at radius 1 is 1.43 bits per heavy atom. The fraction of sp³-hybridized carbons (Fsp3) is 0.600. The monoisotopic (exact) mass is 358 g/mol. The van der Waals surface area contributed by atoms with Crippen LogP contribution in [0, 0.1) is 5.82 Å². The molecule has 0 radical (unpaired) electrons. The first-order valence-corrected chi connectivity index (χ1v) is 8.09. The zero-order valence-corrected chi connectivity index (χ0v) is 14.2. The highest BCUT2D eigenvalue weighted by atomic mass is 79.9. The van der Waals surface area contributed by atoms with Crippen molar-refractivity contribution in [1.29, 1.82) is 0 Å². The van der Waals surface area contributed by atoms with Crippen LogP contribution < -0.4 is 11.3 Å². The Balaban J connectivity index is 2.16. The lowest BCUT2D eigenvalue weighted by molar-refractivity contribution is 0.177. The summed E-state index contributed by atoms with van der Waals surface area (Å²) < 4.78 is 14.4. The molecule has 2 unspecified atom stereocenters. The lowest BCUT2D eigenvalue weighted by Crippen LogP contribution is -2.55. The summed E-state index contributed by atoms with van der Waals surface area (Å²) in [5.41, 5.74) is 3.88. The van der Waals surface area contributed by atoms with Crippen LogP contribution in [0.5, 0.6) is 0 Å². The van der Waals surface area contributed by atoms with E-state index in [-0.39, 0.29) is 11.9 Å². The summed E-state index contributed by atoms with van der Waals surface area (Å²) in [4.78, 5) is 4.68. The molecule has 0 saturated carbocycles. The zero-order chi connectivity index (χ0) is 15.4. The Kier molecular flexibility index (Phi) is 6.13. The van der Waals surface area contributed by atoms with Gasteiger partial charge in [-0.3, -0.25) is 11.3 Å². The predicted molar refractivity (Wildman–Crippen MR) is 87.4 cm³/mol. The average molecular weight is 359 g/mol. The van der Waals surface area contributed by atoms with E-state index in [4.69, 9.17) is 5.84 Å². The fourth-order valence-electron chi connectivity index (χ4n) is 2.98. The quantitative estimate of drug-likeness (QED) is 0.633. The van der Waals surface area contributed by atoms with Gasteiger partial charge in [0.2, 0.25) is 0 Å². The molecule has 21 heavy (non-hydrogen) atoms. The Labute approximate surface area is 134 Å². The van der Waals surface area contributed by atoms with Gasteiger partial charge in [0.05, 0.1) is 0 Å². The van der Waals surface area contributed by atoms with Gasteiger partial charge in [-0.2, -0.15) is 0 Å². The molecule has 0 spiro atoms. The highest BCUT2D eigenvalue weighted by Gasteiger charge is 2.28. The Bertz CT molecular complexity index is 471. The number of hydrazine groups is 1. The van der Waals surface area contributed by atoms with Gasteiger partial charge >= 0.3 is 0 Å². The minimum Gasteiger partial charge on any atom is -0.305 e. The molecule has 1 fully saturated rings. The van der Waals surface area contributed by atoms with Crippen molar-refractivity contribution in [2.45, 2.75) is 24.9 Å².